The third kappa shape index (κ3) is 4.44. The van der Waals surface area contributed by atoms with Crippen molar-refractivity contribution in [3.63, 3.8) is 0 Å². The Morgan fingerprint density at radius 1 is 1.20 bits per heavy atom. The molecule has 10 heteroatoms. The molecule has 0 unspecified atom stereocenters. The van der Waals surface area contributed by atoms with Crippen LogP contribution in [0.5, 0.6) is 0 Å². The number of aromatic nitrogens is 4. The third-order valence-corrected chi connectivity index (χ3v) is 6.73. The van der Waals surface area contributed by atoms with Crippen molar-refractivity contribution in [2.75, 3.05) is 16.8 Å². The van der Waals surface area contributed by atoms with E-state index in [9.17, 15) is 10.1 Å². The van der Waals surface area contributed by atoms with Gasteiger partial charge in [0.1, 0.15) is 11.9 Å². The summed E-state index contributed by atoms with van der Waals surface area (Å²) in [5.74, 6) is 1.03. The number of nitrogens with zero attached hydrogens (tertiary/aromatic N) is 6. The molecular weight excluding hydrogens is 485 g/mol. The highest BCUT2D eigenvalue weighted by molar-refractivity contribution is 6.42. The Labute approximate surface area is 211 Å². The van der Waals surface area contributed by atoms with Crippen LogP contribution in [0, 0.1) is 11.3 Å². The van der Waals surface area contributed by atoms with Crippen LogP contribution in [0.15, 0.2) is 54.9 Å². The number of benzene rings is 2. The maximum Gasteiger partial charge on any atom is 0.231 e. The third-order valence-electron chi connectivity index (χ3n) is 5.87. The lowest BCUT2D eigenvalue weighted by molar-refractivity contribution is -0.117. The molecule has 0 fully saturated rings. The fraction of sp³-hybridized carbons (Fsp3) is 0.160. The first-order valence-corrected chi connectivity index (χ1v) is 11.6. The first-order chi connectivity index (χ1) is 16.9. The summed E-state index contributed by atoms with van der Waals surface area (Å²) >= 11 is 12.4. The van der Waals surface area contributed by atoms with E-state index in [1.807, 2.05) is 19.2 Å². The fourth-order valence-corrected chi connectivity index (χ4v) is 4.55. The zero-order valence-corrected chi connectivity index (χ0v) is 20.2. The van der Waals surface area contributed by atoms with Crippen molar-refractivity contribution >= 4 is 46.6 Å². The Morgan fingerprint density at radius 3 is 2.83 bits per heavy atom. The van der Waals surface area contributed by atoms with Crippen molar-refractivity contribution in [1.82, 2.24) is 19.7 Å². The highest BCUT2D eigenvalue weighted by Crippen LogP contribution is 2.36. The second-order valence-corrected chi connectivity index (χ2v) is 8.84. The molecule has 4 aromatic rings. The highest BCUT2D eigenvalue weighted by Gasteiger charge is 2.29. The number of hydrogen-bond donors (Lipinski definition) is 1. The lowest BCUT2D eigenvalue weighted by Gasteiger charge is -2.19. The minimum Gasteiger partial charge on any atom is -0.310 e. The average molecular weight is 504 g/mol. The summed E-state index contributed by atoms with van der Waals surface area (Å²) in [6, 6.07) is 14.8. The summed E-state index contributed by atoms with van der Waals surface area (Å²) in [7, 11) is 1.82. The molecule has 174 valence electrons. The van der Waals surface area contributed by atoms with Crippen molar-refractivity contribution in [1.29, 1.82) is 5.26 Å². The van der Waals surface area contributed by atoms with E-state index in [1.165, 1.54) is 0 Å². The largest absolute Gasteiger partial charge is 0.310 e. The highest BCUT2D eigenvalue weighted by atomic mass is 35.5. The zero-order valence-electron chi connectivity index (χ0n) is 18.7. The number of aryl methyl sites for hydroxylation is 1. The number of carbonyl (C=O) groups is 1. The molecule has 0 aliphatic carbocycles. The van der Waals surface area contributed by atoms with Gasteiger partial charge in [0.05, 0.1) is 39.6 Å². The molecule has 1 amide bonds. The van der Waals surface area contributed by atoms with Gasteiger partial charge in [-0.15, -0.1) is 0 Å². The predicted molar refractivity (Wildman–Crippen MR) is 135 cm³/mol. The SMILES string of the molecule is Cn1nccc1Nc1nccc(-c2cc(C#N)c3c(c2)CCN3C(=O)Cc2cccc(Cl)c2Cl)n1. The van der Waals surface area contributed by atoms with Crippen LogP contribution in [0.25, 0.3) is 11.3 Å². The van der Waals surface area contributed by atoms with Crippen LogP contribution in [0.3, 0.4) is 0 Å². The van der Waals surface area contributed by atoms with Crippen LogP contribution in [0.1, 0.15) is 16.7 Å². The van der Waals surface area contributed by atoms with E-state index in [0.29, 0.717) is 51.5 Å². The number of carbonyl (C=O) groups excluding carboxylic acids is 1. The minimum atomic E-state index is -0.137. The molecule has 0 atom stereocenters. The Morgan fingerprint density at radius 2 is 2.06 bits per heavy atom. The van der Waals surface area contributed by atoms with Gasteiger partial charge in [0.15, 0.2) is 0 Å². The molecule has 0 spiro atoms. The maximum absolute atomic E-state index is 13.2. The predicted octanol–water partition coefficient (Wildman–Crippen LogP) is 4.93. The Balaban J connectivity index is 1.44. The van der Waals surface area contributed by atoms with Crippen LogP contribution in [0.4, 0.5) is 17.5 Å². The maximum atomic E-state index is 13.2. The number of anilines is 3. The van der Waals surface area contributed by atoms with Crippen LogP contribution in [-0.4, -0.2) is 32.2 Å². The van der Waals surface area contributed by atoms with Crippen molar-refractivity contribution in [3.05, 3.63) is 81.6 Å². The number of rotatable bonds is 5. The van der Waals surface area contributed by atoms with E-state index in [2.05, 4.69) is 26.5 Å². The van der Waals surface area contributed by atoms with Crippen molar-refractivity contribution in [3.8, 4) is 17.3 Å². The van der Waals surface area contributed by atoms with E-state index in [-0.39, 0.29) is 12.3 Å². The monoisotopic (exact) mass is 503 g/mol. The Hall–Kier alpha value is -3.93. The molecule has 35 heavy (non-hydrogen) atoms. The number of halogens is 2. The summed E-state index contributed by atoms with van der Waals surface area (Å²) in [4.78, 5) is 23.7. The standard InChI is InChI=1S/C25H19Cl2N7O/c1-33-21(6-9-30-33)32-25-29-8-5-20(31-25)17-11-16-7-10-34(24(16)18(12-17)14-28)22(35)13-15-3-2-4-19(26)23(15)27/h2-6,8-9,11-12H,7,10,13H2,1H3,(H,29,31,32). The molecular formula is C25H19Cl2N7O. The topological polar surface area (TPSA) is 99.7 Å². The van der Waals surface area contributed by atoms with Crippen molar-refractivity contribution in [2.24, 2.45) is 7.05 Å². The van der Waals surface area contributed by atoms with Crippen LogP contribution in [-0.2, 0) is 24.7 Å². The smallest absolute Gasteiger partial charge is 0.231 e. The van der Waals surface area contributed by atoms with Gasteiger partial charge in [0, 0.05) is 31.4 Å². The fourth-order valence-electron chi connectivity index (χ4n) is 4.16. The van der Waals surface area contributed by atoms with E-state index in [1.54, 1.807) is 52.3 Å². The molecule has 0 bridgehead atoms. The van der Waals surface area contributed by atoms with E-state index >= 15 is 0 Å². The molecule has 5 rings (SSSR count). The summed E-state index contributed by atoms with van der Waals surface area (Å²) in [5, 5.41) is 18.0. The van der Waals surface area contributed by atoms with Crippen LogP contribution < -0.4 is 10.2 Å². The van der Waals surface area contributed by atoms with E-state index < -0.39 is 0 Å². The molecule has 0 saturated carbocycles. The van der Waals surface area contributed by atoms with Gasteiger partial charge in [-0.25, -0.2) is 9.97 Å². The van der Waals surface area contributed by atoms with Crippen molar-refractivity contribution in [2.45, 2.75) is 12.8 Å². The first kappa shape index (κ1) is 22.8. The first-order valence-electron chi connectivity index (χ1n) is 10.8. The summed E-state index contributed by atoms with van der Waals surface area (Å²) in [6.07, 6.45) is 4.07. The van der Waals surface area contributed by atoms with Crippen molar-refractivity contribution < 1.29 is 4.79 Å². The van der Waals surface area contributed by atoms with Crippen LogP contribution >= 0.6 is 23.2 Å². The lowest BCUT2D eigenvalue weighted by atomic mass is 10.0. The van der Waals surface area contributed by atoms with E-state index in [4.69, 9.17) is 23.2 Å². The number of hydrogen-bond acceptors (Lipinski definition) is 6. The zero-order chi connectivity index (χ0) is 24.5. The Bertz CT molecular complexity index is 1490. The molecule has 1 aliphatic heterocycles. The molecule has 2 aromatic carbocycles. The van der Waals surface area contributed by atoms with Gasteiger partial charge in [-0.2, -0.15) is 10.4 Å². The quantitative estimate of drug-likeness (QED) is 0.414. The van der Waals surface area contributed by atoms with Gasteiger partial charge in [0.2, 0.25) is 11.9 Å². The molecule has 1 N–H and O–H groups in total. The van der Waals surface area contributed by atoms with Crippen LogP contribution in [0.2, 0.25) is 10.0 Å². The average Bonchev–Trinajstić information content (AvgIpc) is 3.47. The number of amides is 1. The summed E-state index contributed by atoms with van der Waals surface area (Å²) in [6.45, 7) is 0.488. The number of fused-ring (bicyclic) bond motifs is 1. The molecule has 2 aromatic heterocycles. The summed E-state index contributed by atoms with van der Waals surface area (Å²) < 4.78 is 1.68. The van der Waals surface area contributed by atoms with Gasteiger partial charge in [0.25, 0.3) is 0 Å². The molecule has 0 radical (unpaired) electrons. The lowest BCUT2D eigenvalue weighted by Crippen LogP contribution is -2.31. The second-order valence-electron chi connectivity index (χ2n) is 8.06. The second kappa shape index (κ2) is 9.37. The number of nitrogens with one attached hydrogen (secondary N) is 1. The van der Waals surface area contributed by atoms with Gasteiger partial charge >= 0.3 is 0 Å². The minimum absolute atomic E-state index is 0.0976. The normalized spacial score (nSPS) is 12.3. The van der Waals surface area contributed by atoms with E-state index in [0.717, 1.165) is 16.9 Å². The van der Waals surface area contributed by atoms with Gasteiger partial charge in [-0.3, -0.25) is 9.48 Å². The molecule has 3 heterocycles. The molecule has 0 saturated heterocycles. The van der Waals surface area contributed by atoms with Gasteiger partial charge < -0.3 is 10.2 Å². The van der Waals surface area contributed by atoms with Gasteiger partial charge in [-0.05, 0) is 41.8 Å². The molecule has 8 nitrogen and oxygen atoms in total. The Kier molecular flexibility index (Phi) is 6.12. The summed E-state index contributed by atoms with van der Waals surface area (Å²) in [5.41, 5.74) is 4.08. The molecule has 1 aliphatic rings. The van der Waals surface area contributed by atoms with Gasteiger partial charge in [-0.1, -0.05) is 35.3 Å². The number of nitriles is 1.